The minimum Gasteiger partial charge on any atom is -0.503 e. The monoisotopic (exact) mass is 405 g/mol. The minimum atomic E-state index is -0.582. The van der Waals surface area contributed by atoms with Crippen LogP contribution in [-0.2, 0) is 9.59 Å². The number of nitrogens with zero attached hydrogens (tertiary/aromatic N) is 1. The first-order chi connectivity index (χ1) is 14.6. The van der Waals surface area contributed by atoms with Crippen molar-refractivity contribution in [1.29, 1.82) is 0 Å². The highest BCUT2D eigenvalue weighted by molar-refractivity contribution is 6.14. The van der Waals surface area contributed by atoms with Crippen LogP contribution in [0.15, 0.2) is 78.1 Å². The van der Waals surface area contributed by atoms with Crippen LogP contribution in [0, 0.1) is 0 Å². The van der Waals surface area contributed by atoms with E-state index in [0.717, 1.165) is 30.8 Å². The van der Waals surface area contributed by atoms with Crippen LogP contribution in [0.1, 0.15) is 31.0 Å². The predicted octanol–water partition coefficient (Wildman–Crippen LogP) is 2.59. The van der Waals surface area contributed by atoms with Gasteiger partial charge < -0.3 is 14.9 Å². The van der Waals surface area contributed by atoms with Gasteiger partial charge in [0.15, 0.2) is 11.5 Å². The molecule has 156 valence electrons. The number of amides is 1. The van der Waals surface area contributed by atoms with Gasteiger partial charge in [0.05, 0.1) is 37.8 Å². The van der Waals surface area contributed by atoms with Crippen molar-refractivity contribution in [1.82, 2.24) is 4.90 Å². The van der Waals surface area contributed by atoms with Gasteiger partial charge in [0.1, 0.15) is 0 Å². The van der Waals surface area contributed by atoms with Crippen LogP contribution in [-0.4, -0.2) is 47.9 Å². The molecule has 0 saturated heterocycles. The molecule has 1 aliphatic heterocycles. The van der Waals surface area contributed by atoms with Crippen LogP contribution in [0.25, 0.3) is 6.08 Å². The van der Waals surface area contributed by atoms with E-state index in [9.17, 15) is 14.7 Å². The number of benzene rings is 2. The molecule has 1 amide bonds. The minimum absolute atomic E-state index is 0.146. The van der Waals surface area contributed by atoms with Crippen LogP contribution in [0.5, 0.6) is 0 Å². The standard InChI is InChI=1S/C25H28N2O3/c1-3-26(4-2)17-18-27-23(20-13-9-6-10-14-20)22(24(29)25(27)30)21(28)16-15-19-11-7-5-8-12-19/h5-16,23,29H,3-4,17-18H2,1-2H3/p+1/b16-15+/t23-/m0/s1. The lowest BCUT2D eigenvalue weighted by Crippen LogP contribution is -3.12. The van der Waals surface area contributed by atoms with E-state index in [1.54, 1.807) is 11.0 Å². The molecule has 2 N–H and O–H groups in total. The molecule has 0 aliphatic carbocycles. The van der Waals surface area contributed by atoms with Crippen molar-refractivity contribution >= 4 is 17.8 Å². The zero-order valence-electron chi connectivity index (χ0n) is 17.5. The Hall–Kier alpha value is -3.18. The summed E-state index contributed by atoms with van der Waals surface area (Å²) in [5.74, 6) is -1.27. The molecule has 0 unspecified atom stereocenters. The molecule has 0 fully saturated rings. The van der Waals surface area contributed by atoms with Crippen molar-refractivity contribution in [2.45, 2.75) is 19.9 Å². The molecular formula is C25H29N2O3+. The van der Waals surface area contributed by atoms with Crippen molar-refractivity contribution in [2.75, 3.05) is 26.2 Å². The number of hydrogen-bond donors (Lipinski definition) is 2. The fraction of sp³-hybridized carbons (Fsp3) is 0.280. The van der Waals surface area contributed by atoms with E-state index in [1.807, 2.05) is 60.7 Å². The van der Waals surface area contributed by atoms with Gasteiger partial charge in [0, 0.05) is 0 Å². The topological polar surface area (TPSA) is 62.1 Å². The van der Waals surface area contributed by atoms with Crippen molar-refractivity contribution in [2.24, 2.45) is 0 Å². The van der Waals surface area contributed by atoms with Crippen LogP contribution < -0.4 is 4.90 Å². The van der Waals surface area contributed by atoms with Gasteiger partial charge >= 0.3 is 0 Å². The van der Waals surface area contributed by atoms with E-state index in [1.165, 1.54) is 11.0 Å². The SMILES string of the molecule is CC[NH+](CC)CCN1C(=O)C(O)=C(C(=O)/C=C/c2ccccc2)[C@@H]1c1ccccc1. The lowest BCUT2D eigenvalue weighted by molar-refractivity contribution is -0.895. The third-order valence-electron chi connectivity index (χ3n) is 5.62. The van der Waals surface area contributed by atoms with Gasteiger partial charge in [-0.1, -0.05) is 66.7 Å². The zero-order valence-corrected chi connectivity index (χ0v) is 17.5. The largest absolute Gasteiger partial charge is 0.503 e. The summed E-state index contributed by atoms with van der Waals surface area (Å²) in [5.41, 5.74) is 1.85. The summed E-state index contributed by atoms with van der Waals surface area (Å²) in [6, 6.07) is 18.3. The van der Waals surface area contributed by atoms with E-state index in [0.29, 0.717) is 6.54 Å². The first kappa shape index (κ1) is 21.5. The molecular weight excluding hydrogens is 376 g/mol. The van der Waals surface area contributed by atoms with Gasteiger partial charge in [0.25, 0.3) is 5.91 Å². The number of hydrogen-bond acceptors (Lipinski definition) is 3. The summed E-state index contributed by atoms with van der Waals surface area (Å²) in [4.78, 5) is 28.9. The van der Waals surface area contributed by atoms with Crippen molar-refractivity contribution in [3.63, 3.8) is 0 Å². The molecule has 5 nitrogen and oxygen atoms in total. The summed E-state index contributed by atoms with van der Waals surface area (Å²) < 4.78 is 0. The molecule has 1 aliphatic rings. The number of carbonyl (C=O) groups excluding carboxylic acids is 2. The molecule has 0 radical (unpaired) electrons. The molecule has 0 saturated carbocycles. The van der Waals surface area contributed by atoms with Gasteiger partial charge in [-0.2, -0.15) is 0 Å². The second-order valence-corrected chi connectivity index (χ2v) is 7.39. The van der Waals surface area contributed by atoms with E-state index in [-0.39, 0.29) is 11.4 Å². The molecule has 5 heteroatoms. The van der Waals surface area contributed by atoms with E-state index >= 15 is 0 Å². The Bertz CT molecular complexity index is 931. The highest BCUT2D eigenvalue weighted by Crippen LogP contribution is 2.37. The van der Waals surface area contributed by atoms with Crippen LogP contribution in [0.4, 0.5) is 0 Å². The Labute approximate surface area is 177 Å². The Kier molecular flexibility index (Phi) is 7.20. The number of likely N-dealkylation sites (N-methyl/N-ethyl adjacent to an activating group) is 1. The highest BCUT2D eigenvalue weighted by Gasteiger charge is 2.42. The maximum absolute atomic E-state index is 13.1. The summed E-state index contributed by atoms with van der Waals surface area (Å²) >= 11 is 0. The maximum atomic E-state index is 13.1. The van der Waals surface area contributed by atoms with Crippen LogP contribution >= 0.6 is 0 Å². The summed E-state index contributed by atoms with van der Waals surface area (Å²) in [6.07, 6.45) is 3.14. The number of quaternary nitrogens is 1. The number of allylic oxidation sites excluding steroid dienone is 1. The highest BCUT2D eigenvalue weighted by atomic mass is 16.3. The molecule has 2 aromatic rings. The van der Waals surface area contributed by atoms with Crippen LogP contribution in [0.3, 0.4) is 0 Å². The Morgan fingerprint density at radius 2 is 1.63 bits per heavy atom. The number of carbonyl (C=O) groups is 2. The Balaban J connectivity index is 1.92. The number of rotatable bonds is 9. The zero-order chi connectivity index (χ0) is 21.5. The fourth-order valence-corrected chi connectivity index (χ4v) is 3.83. The van der Waals surface area contributed by atoms with E-state index < -0.39 is 17.7 Å². The number of ketones is 1. The summed E-state index contributed by atoms with van der Waals surface area (Å²) in [7, 11) is 0. The van der Waals surface area contributed by atoms with E-state index in [2.05, 4.69) is 13.8 Å². The molecule has 30 heavy (non-hydrogen) atoms. The Morgan fingerprint density at radius 3 is 2.23 bits per heavy atom. The molecule has 0 aromatic heterocycles. The average Bonchev–Trinajstić information content (AvgIpc) is 3.04. The number of aliphatic hydroxyl groups excluding tert-OH is 1. The summed E-state index contributed by atoms with van der Waals surface area (Å²) in [5, 5.41) is 10.6. The summed E-state index contributed by atoms with van der Waals surface area (Å²) in [6.45, 7) is 7.37. The first-order valence-corrected chi connectivity index (χ1v) is 10.5. The molecule has 0 bridgehead atoms. The average molecular weight is 406 g/mol. The first-order valence-electron chi connectivity index (χ1n) is 10.5. The molecule has 2 aromatic carbocycles. The molecule has 3 rings (SSSR count). The Morgan fingerprint density at radius 1 is 1.03 bits per heavy atom. The van der Waals surface area contributed by atoms with Gasteiger partial charge in [-0.25, -0.2) is 0 Å². The normalized spacial score (nSPS) is 16.8. The maximum Gasteiger partial charge on any atom is 0.290 e. The lowest BCUT2D eigenvalue weighted by atomic mass is 9.95. The second kappa shape index (κ2) is 10.0. The second-order valence-electron chi connectivity index (χ2n) is 7.39. The third-order valence-corrected chi connectivity index (χ3v) is 5.62. The third kappa shape index (κ3) is 4.69. The van der Waals surface area contributed by atoms with E-state index in [4.69, 9.17) is 0 Å². The molecule has 1 heterocycles. The quantitative estimate of drug-likeness (QED) is 0.631. The number of nitrogens with one attached hydrogen (secondary N) is 1. The smallest absolute Gasteiger partial charge is 0.290 e. The lowest BCUT2D eigenvalue weighted by Gasteiger charge is -2.28. The van der Waals surface area contributed by atoms with Gasteiger partial charge in [0.2, 0.25) is 0 Å². The number of aliphatic hydroxyl groups is 1. The van der Waals surface area contributed by atoms with Crippen molar-refractivity contribution in [3.8, 4) is 0 Å². The predicted molar refractivity (Wildman–Crippen MR) is 118 cm³/mol. The van der Waals surface area contributed by atoms with Crippen molar-refractivity contribution < 1.29 is 19.6 Å². The van der Waals surface area contributed by atoms with Crippen molar-refractivity contribution in [3.05, 3.63) is 89.2 Å². The fourth-order valence-electron chi connectivity index (χ4n) is 3.83. The molecule has 1 atom stereocenters. The molecule has 0 spiro atoms. The van der Waals surface area contributed by atoms with Gasteiger partial charge in [-0.05, 0) is 31.1 Å². The van der Waals surface area contributed by atoms with Gasteiger partial charge in [-0.15, -0.1) is 0 Å². The van der Waals surface area contributed by atoms with Gasteiger partial charge in [-0.3, -0.25) is 9.59 Å². The van der Waals surface area contributed by atoms with Crippen LogP contribution in [0.2, 0.25) is 0 Å².